The SMILES string of the molecule is CCOc1c(Cl)cc(CNC(=O)C(N)c2ccc(C)cc2)cc1OC. The summed E-state index contributed by atoms with van der Waals surface area (Å²) in [5.41, 5.74) is 8.71. The van der Waals surface area contributed by atoms with Crippen LogP contribution in [0, 0.1) is 6.92 Å². The maximum absolute atomic E-state index is 12.3. The molecule has 0 spiro atoms. The number of halogens is 1. The van der Waals surface area contributed by atoms with Gasteiger partial charge in [-0.05, 0) is 37.1 Å². The van der Waals surface area contributed by atoms with Gasteiger partial charge < -0.3 is 20.5 Å². The molecule has 0 saturated heterocycles. The Hall–Kier alpha value is -2.24. The molecule has 0 bridgehead atoms. The third kappa shape index (κ3) is 4.87. The van der Waals surface area contributed by atoms with E-state index in [1.54, 1.807) is 19.2 Å². The van der Waals surface area contributed by atoms with E-state index < -0.39 is 6.04 Å². The van der Waals surface area contributed by atoms with Crippen LogP contribution in [-0.2, 0) is 11.3 Å². The van der Waals surface area contributed by atoms with E-state index in [1.807, 2.05) is 38.1 Å². The van der Waals surface area contributed by atoms with Gasteiger partial charge in [0.2, 0.25) is 5.91 Å². The topological polar surface area (TPSA) is 73.6 Å². The normalized spacial score (nSPS) is 11.7. The van der Waals surface area contributed by atoms with Gasteiger partial charge in [-0.2, -0.15) is 0 Å². The zero-order chi connectivity index (χ0) is 18.4. The maximum Gasteiger partial charge on any atom is 0.241 e. The van der Waals surface area contributed by atoms with Crippen LogP contribution in [0.4, 0.5) is 0 Å². The van der Waals surface area contributed by atoms with Gasteiger partial charge >= 0.3 is 0 Å². The first-order valence-corrected chi connectivity index (χ1v) is 8.43. The Morgan fingerprint density at radius 1 is 1.28 bits per heavy atom. The third-order valence-electron chi connectivity index (χ3n) is 3.76. The van der Waals surface area contributed by atoms with Crippen molar-refractivity contribution in [2.75, 3.05) is 13.7 Å². The van der Waals surface area contributed by atoms with Crippen LogP contribution in [0.1, 0.15) is 29.7 Å². The Morgan fingerprint density at radius 2 is 1.96 bits per heavy atom. The molecule has 3 N–H and O–H groups in total. The summed E-state index contributed by atoms with van der Waals surface area (Å²) >= 11 is 6.24. The van der Waals surface area contributed by atoms with Crippen molar-refractivity contribution in [2.45, 2.75) is 26.4 Å². The van der Waals surface area contributed by atoms with E-state index >= 15 is 0 Å². The van der Waals surface area contributed by atoms with Gasteiger partial charge in [0.05, 0.1) is 18.7 Å². The molecule has 25 heavy (non-hydrogen) atoms. The number of benzene rings is 2. The fraction of sp³-hybridized carbons (Fsp3) is 0.316. The van der Waals surface area contributed by atoms with Crippen LogP contribution >= 0.6 is 11.6 Å². The number of nitrogens with two attached hydrogens (primary N) is 1. The largest absolute Gasteiger partial charge is 0.493 e. The minimum Gasteiger partial charge on any atom is -0.493 e. The molecule has 0 aromatic heterocycles. The van der Waals surface area contributed by atoms with E-state index in [0.717, 1.165) is 16.7 Å². The van der Waals surface area contributed by atoms with E-state index in [2.05, 4.69) is 5.32 Å². The average Bonchev–Trinajstić information content (AvgIpc) is 2.61. The van der Waals surface area contributed by atoms with Crippen molar-refractivity contribution in [1.82, 2.24) is 5.32 Å². The van der Waals surface area contributed by atoms with Crippen LogP contribution < -0.4 is 20.5 Å². The number of carbonyl (C=O) groups is 1. The molecule has 5 nitrogen and oxygen atoms in total. The number of nitrogens with one attached hydrogen (secondary N) is 1. The molecule has 2 aromatic carbocycles. The van der Waals surface area contributed by atoms with Crippen molar-refractivity contribution in [1.29, 1.82) is 0 Å². The van der Waals surface area contributed by atoms with Crippen molar-refractivity contribution < 1.29 is 14.3 Å². The number of ether oxygens (including phenoxy) is 2. The van der Waals surface area contributed by atoms with Crippen molar-refractivity contribution in [3.8, 4) is 11.5 Å². The van der Waals surface area contributed by atoms with Gasteiger partial charge in [0.15, 0.2) is 11.5 Å². The molecule has 1 unspecified atom stereocenters. The second-order valence-electron chi connectivity index (χ2n) is 5.65. The molecule has 0 heterocycles. The molecule has 134 valence electrons. The monoisotopic (exact) mass is 362 g/mol. The first-order chi connectivity index (χ1) is 12.0. The zero-order valence-electron chi connectivity index (χ0n) is 14.6. The summed E-state index contributed by atoms with van der Waals surface area (Å²) < 4.78 is 10.8. The fourth-order valence-electron chi connectivity index (χ4n) is 2.38. The highest BCUT2D eigenvalue weighted by Crippen LogP contribution is 2.36. The maximum atomic E-state index is 12.3. The average molecular weight is 363 g/mol. The summed E-state index contributed by atoms with van der Waals surface area (Å²) in [6, 6.07) is 10.4. The van der Waals surface area contributed by atoms with E-state index in [1.165, 1.54) is 0 Å². The standard InChI is InChI=1S/C19H23ClN2O3/c1-4-25-18-15(20)9-13(10-16(18)24-3)11-22-19(23)17(21)14-7-5-12(2)6-8-14/h5-10,17H,4,11,21H2,1-3H3,(H,22,23). The molecule has 0 saturated carbocycles. The Kier molecular flexibility index (Phi) is 6.67. The fourth-order valence-corrected chi connectivity index (χ4v) is 2.67. The molecule has 0 aliphatic carbocycles. The quantitative estimate of drug-likeness (QED) is 0.792. The second kappa shape index (κ2) is 8.74. The highest BCUT2D eigenvalue weighted by atomic mass is 35.5. The Morgan fingerprint density at radius 3 is 2.56 bits per heavy atom. The summed E-state index contributed by atoms with van der Waals surface area (Å²) in [4.78, 5) is 12.3. The van der Waals surface area contributed by atoms with Gasteiger partial charge in [-0.15, -0.1) is 0 Å². The number of amides is 1. The lowest BCUT2D eigenvalue weighted by molar-refractivity contribution is -0.122. The smallest absolute Gasteiger partial charge is 0.241 e. The molecule has 2 aromatic rings. The Bertz CT molecular complexity index is 732. The van der Waals surface area contributed by atoms with E-state index in [9.17, 15) is 4.79 Å². The van der Waals surface area contributed by atoms with Gasteiger partial charge in [0, 0.05) is 6.54 Å². The summed E-state index contributed by atoms with van der Waals surface area (Å²) in [5.74, 6) is 0.771. The summed E-state index contributed by atoms with van der Waals surface area (Å²) in [6.07, 6.45) is 0. The van der Waals surface area contributed by atoms with Crippen LogP contribution in [0.25, 0.3) is 0 Å². The summed E-state index contributed by atoms with van der Waals surface area (Å²) in [5, 5.41) is 3.26. The number of methoxy groups -OCH3 is 1. The molecule has 1 amide bonds. The van der Waals surface area contributed by atoms with Crippen LogP contribution in [0.15, 0.2) is 36.4 Å². The van der Waals surface area contributed by atoms with Crippen molar-refractivity contribution in [3.63, 3.8) is 0 Å². The van der Waals surface area contributed by atoms with E-state index in [4.69, 9.17) is 26.8 Å². The number of rotatable bonds is 7. The van der Waals surface area contributed by atoms with Crippen molar-refractivity contribution >= 4 is 17.5 Å². The van der Waals surface area contributed by atoms with Gasteiger partial charge in [-0.1, -0.05) is 41.4 Å². The molecular formula is C19H23ClN2O3. The van der Waals surface area contributed by atoms with E-state index in [0.29, 0.717) is 29.7 Å². The van der Waals surface area contributed by atoms with Crippen LogP contribution in [0.3, 0.4) is 0 Å². The number of carbonyl (C=O) groups excluding carboxylic acids is 1. The molecule has 0 aliphatic rings. The van der Waals surface area contributed by atoms with Gasteiger partial charge in [-0.3, -0.25) is 4.79 Å². The summed E-state index contributed by atoms with van der Waals surface area (Å²) in [6.45, 7) is 4.63. The number of hydrogen-bond acceptors (Lipinski definition) is 4. The Balaban J connectivity index is 2.06. The summed E-state index contributed by atoms with van der Waals surface area (Å²) in [7, 11) is 1.55. The minimum atomic E-state index is -0.722. The second-order valence-corrected chi connectivity index (χ2v) is 6.06. The predicted molar refractivity (Wildman–Crippen MR) is 99.1 cm³/mol. The molecular weight excluding hydrogens is 340 g/mol. The van der Waals surface area contributed by atoms with Crippen LogP contribution in [-0.4, -0.2) is 19.6 Å². The molecule has 6 heteroatoms. The van der Waals surface area contributed by atoms with E-state index in [-0.39, 0.29) is 5.91 Å². The third-order valence-corrected chi connectivity index (χ3v) is 4.04. The van der Waals surface area contributed by atoms with Crippen molar-refractivity contribution in [3.05, 3.63) is 58.1 Å². The number of aryl methyl sites for hydroxylation is 1. The van der Waals surface area contributed by atoms with Crippen LogP contribution in [0.5, 0.6) is 11.5 Å². The van der Waals surface area contributed by atoms with Crippen molar-refractivity contribution in [2.24, 2.45) is 5.73 Å². The molecule has 0 aliphatic heterocycles. The number of hydrogen-bond donors (Lipinski definition) is 2. The molecule has 0 radical (unpaired) electrons. The van der Waals surface area contributed by atoms with Crippen LogP contribution in [0.2, 0.25) is 5.02 Å². The lowest BCUT2D eigenvalue weighted by Crippen LogP contribution is -2.33. The van der Waals surface area contributed by atoms with Gasteiger partial charge in [0.1, 0.15) is 6.04 Å². The predicted octanol–water partition coefficient (Wildman–Crippen LogP) is 3.37. The highest BCUT2D eigenvalue weighted by Gasteiger charge is 2.16. The zero-order valence-corrected chi connectivity index (χ0v) is 15.4. The van der Waals surface area contributed by atoms with Gasteiger partial charge in [-0.25, -0.2) is 0 Å². The molecule has 2 rings (SSSR count). The minimum absolute atomic E-state index is 0.257. The van der Waals surface area contributed by atoms with Gasteiger partial charge in [0.25, 0.3) is 0 Å². The first kappa shape index (κ1) is 19.1. The molecule has 1 atom stereocenters. The lowest BCUT2D eigenvalue weighted by atomic mass is 10.1. The first-order valence-electron chi connectivity index (χ1n) is 8.05. The lowest BCUT2D eigenvalue weighted by Gasteiger charge is -2.15. The highest BCUT2D eigenvalue weighted by molar-refractivity contribution is 6.32. The Labute approximate surface area is 153 Å². The molecule has 0 fully saturated rings.